The molecule has 0 spiro atoms. The van der Waals surface area contributed by atoms with Gasteiger partial charge >= 0.3 is 6.09 Å². The normalized spacial score (nSPS) is 15.9. The minimum absolute atomic E-state index is 0.282. The highest BCUT2D eigenvalue weighted by molar-refractivity contribution is 5.71. The van der Waals surface area contributed by atoms with Gasteiger partial charge in [0.25, 0.3) is 0 Å². The zero-order valence-electron chi connectivity index (χ0n) is 9.82. The third kappa shape index (κ3) is 2.50. The van der Waals surface area contributed by atoms with Gasteiger partial charge in [-0.25, -0.2) is 4.79 Å². The van der Waals surface area contributed by atoms with Crippen LogP contribution < -0.4 is 14.8 Å². The molecule has 1 aliphatic rings. The van der Waals surface area contributed by atoms with Crippen LogP contribution in [0.4, 0.5) is 4.79 Å². The molecule has 2 rings (SSSR count). The van der Waals surface area contributed by atoms with Crippen molar-refractivity contribution in [1.29, 1.82) is 0 Å². The van der Waals surface area contributed by atoms with E-state index >= 15 is 0 Å². The summed E-state index contributed by atoms with van der Waals surface area (Å²) in [6.07, 6.45) is 0.0791. The molecule has 0 fully saturated rings. The van der Waals surface area contributed by atoms with Crippen molar-refractivity contribution in [3.63, 3.8) is 0 Å². The van der Waals surface area contributed by atoms with Gasteiger partial charge in [-0.1, -0.05) is 12.1 Å². The maximum absolute atomic E-state index is 11.2. The van der Waals surface area contributed by atoms with Crippen LogP contribution in [0.2, 0.25) is 0 Å². The number of benzene rings is 1. The van der Waals surface area contributed by atoms with E-state index in [0.29, 0.717) is 11.5 Å². The van der Waals surface area contributed by atoms with Crippen molar-refractivity contribution in [1.82, 2.24) is 5.32 Å². The highest BCUT2D eigenvalue weighted by atomic mass is 16.6. The van der Waals surface area contributed by atoms with Gasteiger partial charge in [0.1, 0.15) is 12.3 Å². The van der Waals surface area contributed by atoms with Crippen molar-refractivity contribution in [3.05, 3.63) is 23.8 Å². The topological polar surface area (TPSA) is 67.8 Å². The molecule has 0 aromatic heterocycles. The summed E-state index contributed by atoms with van der Waals surface area (Å²) in [5.41, 5.74) is 0.735. The Labute approximate surface area is 99.3 Å². The van der Waals surface area contributed by atoms with E-state index in [1.807, 2.05) is 26.0 Å². The monoisotopic (exact) mass is 237 g/mol. The summed E-state index contributed by atoms with van der Waals surface area (Å²) in [5, 5.41) is 10.7. The molecule has 92 valence electrons. The summed E-state index contributed by atoms with van der Waals surface area (Å²) < 4.78 is 10.8. The number of aliphatic hydroxyl groups is 1. The molecule has 0 radical (unpaired) electrons. The second-order valence-electron chi connectivity index (χ2n) is 4.51. The minimum atomic E-state index is -0.700. The molecular formula is C12H15NO4. The lowest BCUT2D eigenvalue weighted by Crippen LogP contribution is -2.28. The lowest BCUT2D eigenvalue weighted by Gasteiger charge is -2.17. The number of hydrogen-bond acceptors (Lipinski definition) is 4. The second-order valence-corrected chi connectivity index (χ2v) is 4.51. The first-order valence-electron chi connectivity index (χ1n) is 5.39. The fourth-order valence-corrected chi connectivity index (χ4v) is 1.87. The maximum Gasteiger partial charge on any atom is 0.414 e. The Hall–Kier alpha value is -1.75. The molecular weight excluding hydrogens is 222 g/mol. The minimum Gasteiger partial charge on any atom is -0.483 e. The molecule has 1 aliphatic heterocycles. The summed E-state index contributed by atoms with van der Waals surface area (Å²) in [7, 11) is 0. The Balaban J connectivity index is 2.21. The van der Waals surface area contributed by atoms with E-state index < -0.39 is 12.8 Å². The van der Waals surface area contributed by atoms with Gasteiger partial charge in [-0.05, 0) is 19.9 Å². The number of hydrogen-bond donors (Lipinski definition) is 2. The van der Waals surface area contributed by atoms with Crippen LogP contribution in [-0.2, 0) is 6.42 Å². The molecule has 0 saturated carbocycles. The number of rotatable bonds is 2. The van der Waals surface area contributed by atoms with Crippen LogP contribution in [0.25, 0.3) is 0 Å². The van der Waals surface area contributed by atoms with Crippen LogP contribution in [0.1, 0.15) is 19.4 Å². The van der Waals surface area contributed by atoms with Crippen molar-refractivity contribution in [2.24, 2.45) is 0 Å². The lowest BCUT2D eigenvalue weighted by molar-refractivity contribution is 0.132. The molecule has 1 amide bonds. The number of para-hydroxylation sites is 1. The van der Waals surface area contributed by atoms with Crippen LogP contribution in [0.3, 0.4) is 0 Å². The van der Waals surface area contributed by atoms with E-state index in [-0.39, 0.29) is 5.60 Å². The smallest absolute Gasteiger partial charge is 0.414 e. The van der Waals surface area contributed by atoms with Gasteiger partial charge in [0, 0.05) is 12.0 Å². The molecule has 1 aromatic carbocycles. The van der Waals surface area contributed by atoms with Gasteiger partial charge < -0.3 is 14.6 Å². The number of aliphatic hydroxyl groups excluding tert-OH is 1. The number of carbonyl (C=O) groups is 1. The zero-order chi connectivity index (χ0) is 12.5. The van der Waals surface area contributed by atoms with Gasteiger partial charge in [-0.2, -0.15) is 0 Å². The standard InChI is InChI=1S/C12H15NO4/c1-12(2)6-8-4-3-5-9(10(8)17-12)16-11(15)13-7-14/h3-5,14H,6-7H2,1-2H3,(H,13,15). The highest BCUT2D eigenvalue weighted by Crippen LogP contribution is 2.41. The third-order valence-corrected chi connectivity index (χ3v) is 2.48. The van der Waals surface area contributed by atoms with Gasteiger partial charge in [-0.15, -0.1) is 0 Å². The maximum atomic E-state index is 11.2. The van der Waals surface area contributed by atoms with Crippen LogP contribution in [-0.4, -0.2) is 23.5 Å². The summed E-state index contributed by atoms with van der Waals surface area (Å²) in [6.45, 7) is 3.50. The zero-order valence-corrected chi connectivity index (χ0v) is 9.82. The SMILES string of the molecule is CC1(C)Cc2cccc(OC(=O)NCO)c2O1. The predicted octanol–water partition coefficient (Wildman–Crippen LogP) is 1.44. The number of nitrogens with one attached hydrogen (secondary N) is 1. The molecule has 5 heteroatoms. The van der Waals surface area contributed by atoms with Crippen LogP contribution in [0.5, 0.6) is 11.5 Å². The quantitative estimate of drug-likeness (QED) is 0.764. The van der Waals surface area contributed by atoms with Gasteiger partial charge in [-0.3, -0.25) is 5.32 Å². The van der Waals surface area contributed by atoms with E-state index in [9.17, 15) is 4.79 Å². The van der Waals surface area contributed by atoms with Crippen LogP contribution >= 0.6 is 0 Å². The molecule has 0 aliphatic carbocycles. The summed E-state index contributed by atoms with van der Waals surface area (Å²) >= 11 is 0. The molecule has 5 nitrogen and oxygen atoms in total. The Kier molecular flexibility index (Phi) is 2.93. The van der Waals surface area contributed by atoms with Crippen molar-refractivity contribution in [3.8, 4) is 11.5 Å². The fraction of sp³-hybridized carbons (Fsp3) is 0.417. The lowest BCUT2D eigenvalue weighted by atomic mass is 10.0. The van der Waals surface area contributed by atoms with Gasteiger partial charge in [0.2, 0.25) is 0 Å². The fourth-order valence-electron chi connectivity index (χ4n) is 1.87. The number of carbonyl (C=O) groups excluding carboxylic acids is 1. The molecule has 1 heterocycles. The molecule has 0 saturated heterocycles. The summed E-state index contributed by atoms with van der Waals surface area (Å²) in [5.74, 6) is 0.976. The highest BCUT2D eigenvalue weighted by Gasteiger charge is 2.32. The predicted molar refractivity (Wildman–Crippen MR) is 61.1 cm³/mol. The first kappa shape index (κ1) is 11.7. The summed E-state index contributed by atoms with van der Waals surface area (Å²) in [6, 6.07) is 5.42. The largest absolute Gasteiger partial charge is 0.483 e. The molecule has 0 unspecified atom stereocenters. The Morgan fingerprint density at radius 1 is 1.59 bits per heavy atom. The van der Waals surface area contributed by atoms with Crippen molar-refractivity contribution in [2.45, 2.75) is 25.9 Å². The van der Waals surface area contributed by atoms with Crippen molar-refractivity contribution >= 4 is 6.09 Å². The van der Waals surface area contributed by atoms with Gasteiger partial charge in [0.05, 0.1) is 0 Å². The van der Waals surface area contributed by atoms with E-state index in [4.69, 9.17) is 14.6 Å². The molecule has 0 bridgehead atoms. The molecule has 17 heavy (non-hydrogen) atoms. The second kappa shape index (κ2) is 4.25. The van der Waals surface area contributed by atoms with E-state index in [0.717, 1.165) is 12.0 Å². The van der Waals surface area contributed by atoms with E-state index in [1.165, 1.54) is 0 Å². The Bertz CT molecular complexity index is 442. The number of ether oxygens (including phenoxy) is 2. The third-order valence-electron chi connectivity index (χ3n) is 2.48. The summed E-state index contributed by atoms with van der Waals surface area (Å²) in [4.78, 5) is 11.2. The van der Waals surface area contributed by atoms with Crippen molar-refractivity contribution in [2.75, 3.05) is 6.73 Å². The van der Waals surface area contributed by atoms with Gasteiger partial charge in [0.15, 0.2) is 11.5 Å². The molecule has 1 aromatic rings. The average Bonchev–Trinajstić information content (AvgIpc) is 2.53. The first-order chi connectivity index (χ1) is 8.02. The Morgan fingerprint density at radius 3 is 3.06 bits per heavy atom. The first-order valence-corrected chi connectivity index (χ1v) is 5.39. The van der Waals surface area contributed by atoms with Crippen LogP contribution in [0, 0.1) is 0 Å². The van der Waals surface area contributed by atoms with E-state index in [2.05, 4.69) is 5.32 Å². The van der Waals surface area contributed by atoms with Crippen molar-refractivity contribution < 1.29 is 19.4 Å². The number of fused-ring (bicyclic) bond motifs is 1. The number of amides is 1. The van der Waals surface area contributed by atoms with Crippen LogP contribution in [0.15, 0.2) is 18.2 Å². The Morgan fingerprint density at radius 2 is 2.35 bits per heavy atom. The molecule has 2 N–H and O–H groups in total. The molecule has 0 atom stereocenters. The van der Waals surface area contributed by atoms with E-state index in [1.54, 1.807) is 6.07 Å². The average molecular weight is 237 g/mol.